The maximum atomic E-state index is 11.5. The van der Waals surface area contributed by atoms with Gasteiger partial charge in [-0.2, -0.15) is 0 Å². The number of β-amino-alcohol motifs (C(OH)–C–C–N with tert-alkyl or cyclic N) is 1. The van der Waals surface area contributed by atoms with E-state index in [1.54, 1.807) is 19.1 Å². The number of aliphatic hydroxyl groups is 1. The Kier molecular flexibility index (Phi) is 3.64. The molecule has 0 aromatic heterocycles. The summed E-state index contributed by atoms with van der Waals surface area (Å²) in [5.74, 6) is -0.291. The second-order valence-corrected chi connectivity index (χ2v) is 4.16. The Labute approximate surface area is 101 Å². The van der Waals surface area contributed by atoms with Crippen molar-refractivity contribution in [3.8, 4) is 0 Å². The van der Waals surface area contributed by atoms with Crippen LogP contribution in [0.25, 0.3) is 0 Å². The molecule has 0 bridgehead atoms. The molecule has 1 aliphatic rings. The molecule has 0 radical (unpaired) electrons. The molecule has 4 heteroatoms. The number of hydrogen-bond acceptors (Lipinski definition) is 4. The van der Waals surface area contributed by atoms with Crippen LogP contribution in [0.5, 0.6) is 0 Å². The van der Waals surface area contributed by atoms with Gasteiger partial charge in [0.2, 0.25) is 0 Å². The summed E-state index contributed by atoms with van der Waals surface area (Å²) in [7, 11) is 0. The predicted octanol–water partition coefficient (Wildman–Crippen LogP) is 1.43. The first-order chi connectivity index (χ1) is 8.20. The van der Waals surface area contributed by atoms with Gasteiger partial charge in [0.05, 0.1) is 18.3 Å². The van der Waals surface area contributed by atoms with Crippen molar-refractivity contribution in [2.45, 2.75) is 19.4 Å². The lowest BCUT2D eigenvalue weighted by molar-refractivity contribution is 0.0526. The van der Waals surface area contributed by atoms with Gasteiger partial charge in [-0.25, -0.2) is 4.79 Å². The molecule has 0 saturated carbocycles. The van der Waals surface area contributed by atoms with E-state index < -0.39 is 0 Å². The Bertz CT molecular complexity index is 388. The molecule has 1 saturated heterocycles. The molecule has 1 aromatic rings. The zero-order valence-electron chi connectivity index (χ0n) is 9.93. The summed E-state index contributed by atoms with van der Waals surface area (Å²) >= 11 is 0. The molecule has 0 amide bonds. The number of carbonyl (C=O) groups excluding carboxylic acids is 1. The molecule has 0 aliphatic carbocycles. The van der Waals surface area contributed by atoms with Crippen LogP contribution < -0.4 is 4.90 Å². The normalized spacial score (nSPS) is 19.4. The van der Waals surface area contributed by atoms with Gasteiger partial charge >= 0.3 is 5.97 Å². The number of esters is 1. The van der Waals surface area contributed by atoms with Crippen LogP contribution in [0.2, 0.25) is 0 Å². The second-order valence-electron chi connectivity index (χ2n) is 4.16. The first-order valence-electron chi connectivity index (χ1n) is 5.91. The van der Waals surface area contributed by atoms with Crippen molar-refractivity contribution in [3.05, 3.63) is 29.8 Å². The van der Waals surface area contributed by atoms with E-state index in [0.29, 0.717) is 18.7 Å². The number of ether oxygens (including phenoxy) is 1. The Morgan fingerprint density at radius 1 is 1.47 bits per heavy atom. The van der Waals surface area contributed by atoms with Gasteiger partial charge in [-0.3, -0.25) is 0 Å². The average molecular weight is 235 g/mol. The van der Waals surface area contributed by atoms with Gasteiger partial charge in [0.1, 0.15) is 0 Å². The lowest BCUT2D eigenvalue weighted by Gasteiger charge is -2.17. The summed E-state index contributed by atoms with van der Waals surface area (Å²) in [6.45, 7) is 3.70. The standard InChI is InChI=1S/C13H17NO3/c1-2-17-13(16)10-3-5-11(6-4-10)14-8-7-12(15)9-14/h3-6,12,15H,2,7-9H2,1H3. The molecule has 0 spiro atoms. The van der Waals surface area contributed by atoms with Crippen LogP contribution in [-0.4, -0.2) is 36.9 Å². The number of anilines is 1. The predicted molar refractivity (Wildman–Crippen MR) is 65.2 cm³/mol. The zero-order chi connectivity index (χ0) is 12.3. The van der Waals surface area contributed by atoms with E-state index >= 15 is 0 Å². The van der Waals surface area contributed by atoms with E-state index in [2.05, 4.69) is 4.90 Å². The van der Waals surface area contributed by atoms with Gasteiger partial charge in [0.15, 0.2) is 0 Å². The fourth-order valence-electron chi connectivity index (χ4n) is 2.00. The van der Waals surface area contributed by atoms with Gasteiger partial charge < -0.3 is 14.7 Å². The van der Waals surface area contributed by atoms with Crippen molar-refractivity contribution >= 4 is 11.7 Å². The highest BCUT2D eigenvalue weighted by atomic mass is 16.5. The van der Waals surface area contributed by atoms with Crippen LogP contribution in [0.1, 0.15) is 23.7 Å². The van der Waals surface area contributed by atoms with Gasteiger partial charge in [0, 0.05) is 18.8 Å². The maximum Gasteiger partial charge on any atom is 0.338 e. The minimum atomic E-state index is -0.291. The molecule has 17 heavy (non-hydrogen) atoms. The summed E-state index contributed by atoms with van der Waals surface area (Å²) in [5.41, 5.74) is 1.60. The topological polar surface area (TPSA) is 49.8 Å². The van der Waals surface area contributed by atoms with Crippen LogP contribution in [0.3, 0.4) is 0 Å². The van der Waals surface area contributed by atoms with Gasteiger partial charge in [-0.05, 0) is 37.6 Å². The Hall–Kier alpha value is -1.55. The number of hydrogen-bond donors (Lipinski definition) is 1. The van der Waals surface area contributed by atoms with Gasteiger partial charge in [0.25, 0.3) is 0 Å². The highest BCUT2D eigenvalue weighted by Crippen LogP contribution is 2.20. The highest BCUT2D eigenvalue weighted by molar-refractivity contribution is 5.89. The Morgan fingerprint density at radius 2 is 2.18 bits per heavy atom. The minimum absolute atomic E-state index is 0.236. The third kappa shape index (κ3) is 2.77. The summed E-state index contributed by atoms with van der Waals surface area (Å²) in [6.07, 6.45) is 0.569. The number of aliphatic hydroxyl groups excluding tert-OH is 1. The average Bonchev–Trinajstić information content (AvgIpc) is 2.76. The maximum absolute atomic E-state index is 11.5. The van der Waals surface area contributed by atoms with Crippen LogP contribution in [0.15, 0.2) is 24.3 Å². The second kappa shape index (κ2) is 5.19. The van der Waals surface area contributed by atoms with Crippen molar-refractivity contribution in [3.63, 3.8) is 0 Å². The van der Waals surface area contributed by atoms with Crippen LogP contribution in [0.4, 0.5) is 5.69 Å². The molecular formula is C13H17NO3. The monoisotopic (exact) mass is 235 g/mol. The van der Waals surface area contributed by atoms with Crippen molar-refractivity contribution < 1.29 is 14.6 Å². The molecule has 1 aromatic carbocycles. The molecule has 1 aliphatic heterocycles. The quantitative estimate of drug-likeness (QED) is 0.805. The van der Waals surface area contributed by atoms with Crippen molar-refractivity contribution in [2.75, 3.05) is 24.6 Å². The molecule has 4 nitrogen and oxygen atoms in total. The fourth-order valence-corrected chi connectivity index (χ4v) is 2.00. The largest absolute Gasteiger partial charge is 0.462 e. The molecule has 2 rings (SSSR count). The number of benzene rings is 1. The van der Waals surface area contributed by atoms with Crippen LogP contribution >= 0.6 is 0 Å². The SMILES string of the molecule is CCOC(=O)c1ccc(N2CCC(O)C2)cc1. The van der Waals surface area contributed by atoms with Gasteiger partial charge in [-0.15, -0.1) is 0 Å². The van der Waals surface area contributed by atoms with E-state index in [1.807, 2.05) is 12.1 Å². The summed E-state index contributed by atoms with van der Waals surface area (Å²) < 4.78 is 4.92. The van der Waals surface area contributed by atoms with Crippen molar-refractivity contribution in [1.82, 2.24) is 0 Å². The lowest BCUT2D eigenvalue weighted by atomic mass is 10.2. The molecule has 1 unspecified atom stereocenters. The molecule has 92 valence electrons. The van der Waals surface area contributed by atoms with E-state index in [9.17, 15) is 9.90 Å². The first kappa shape index (κ1) is 11.9. The zero-order valence-corrected chi connectivity index (χ0v) is 9.93. The Balaban J connectivity index is 2.05. The molecule has 1 heterocycles. The van der Waals surface area contributed by atoms with E-state index in [0.717, 1.165) is 18.7 Å². The van der Waals surface area contributed by atoms with Crippen molar-refractivity contribution in [1.29, 1.82) is 0 Å². The number of carbonyl (C=O) groups is 1. The van der Waals surface area contributed by atoms with Crippen molar-refractivity contribution in [2.24, 2.45) is 0 Å². The lowest BCUT2D eigenvalue weighted by Crippen LogP contribution is -2.21. The smallest absolute Gasteiger partial charge is 0.338 e. The fraction of sp³-hybridized carbons (Fsp3) is 0.462. The summed E-state index contributed by atoms with van der Waals surface area (Å²) in [4.78, 5) is 13.6. The molecule has 1 atom stereocenters. The summed E-state index contributed by atoms with van der Waals surface area (Å²) in [6, 6.07) is 7.31. The van der Waals surface area contributed by atoms with E-state index in [1.165, 1.54) is 0 Å². The first-order valence-corrected chi connectivity index (χ1v) is 5.91. The number of nitrogens with zero attached hydrogens (tertiary/aromatic N) is 1. The molecular weight excluding hydrogens is 218 g/mol. The molecule has 1 fully saturated rings. The third-order valence-electron chi connectivity index (χ3n) is 2.91. The van der Waals surface area contributed by atoms with Crippen LogP contribution in [0, 0.1) is 0 Å². The summed E-state index contributed by atoms with van der Waals surface area (Å²) in [5, 5.41) is 9.46. The van der Waals surface area contributed by atoms with E-state index in [4.69, 9.17) is 4.74 Å². The van der Waals surface area contributed by atoms with E-state index in [-0.39, 0.29) is 12.1 Å². The third-order valence-corrected chi connectivity index (χ3v) is 2.91. The Morgan fingerprint density at radius 3 is 2.71 bits per heavy atom. The number of rotatable bonds is 3. The van der Waals surface area contributed by atoms with Gasteiger partial charge in [-0.1, -0.05) is 0 Å². The molecule has 1 N–H and O–H groups in total. The van der Waals surface area contributed by atoms with Crippen LogP contribution in [-0.2, 0) is 4.74 Å². The highest BCUT2D eigenvalue weighted by Gasteiger charge is 2.20. The minimum Gasteiger partial charge on any atom is -0.462 e.